The first kappa shape index (κ1) is 11.0. The van der Waals surface area contributed by atoms with Gasteiger partial charge in [0.05, 0.1) is 17.7 Å². The molecule has 1 fully saturated rings. The summed E-state index contributed by atoms with van der Waals surface area (Å²) in [5, 5.41) is 12.9. The molecular formula is C12H16N2O2. The number of hydrogen-bond donors (Lipinski definition) is 3. The van der Waals surface area contributed by atoms with Crippen molar-refractivity contribution in [2.75, 3.05) is 5.32 Å². The molecule has 0 bridgehead atoms. The first-order chi connectivity index (χ1) is 7.68. The lowest BCUT2D eigenvalue weighted by molar-refractivity contribution is 0.100. The summed E-state index contributed by atoms with van der Waals surface area (Å²) in [5.41, 5.74) is 6.46. The molecule has 0 radical (unpaired) electrons. The average molecular weight is 220 g/mol. The fraction of sp³-hybridized carbons (Fsp3) is 0.417. The maximum Gasteiger partial charge on any atom is 0.250 e. The van der Waals surface area contributed by atoms with Crippen molar-refractivity contribution >= 4 is 11.6 Å². The molecule has 0 saturated heterocycles. The van der Waals surface area contributed by atoms with Crippen LogP contribution >= 0.6 is 0 Å². The number of nitrogens with one attached hydrogen (secondary N) is 1. The normalized spacial score (nSPS) is 24.3. The molecule has 2 unspecified atom stereocenters. The maximum atomic E-state index is 11.2. The largest absolute Gasteiger partial charge is 0.391 e. The molecule has 16 heavy (non-hydrogen) atoms. The van der Waals surface area contributed by atoms with Crippen molar-refractivity contribution in [1.82, 2.24) is 0 Å². The Kier molecular flexibility index (Phi) is 3.10. The number of aliphatic hydroxyl groups excluding tert-OH is 1. The monoisotopic (exact) mass is 220 g/mol. The van der Waals surface area contributed by atoms with Crippen LogP contribution in [-0.4, -0.2) is 23.2 Å². The van der Waals surface area contributed by atoms with Gasteiger partial charge in [0.1, 0.15) is 0 Å². The second kappa shape index (κ2) is 4.53. The molecule has 1 aliphatic carbocycles. The van der Waals surface area contributed by atoms with Crippen LogP contribution in [0.5, 0.6) is 0 Å². The van der Waals surface area contributed by atoms with Crippen LogP contribution in [0.15, 0.2) is 24.3 Å². The summed E-state index contributed by atoms with van der Waals surface area (Å²) in [7, 11) is 0. The number of primary amides is 1. The van der Waals surface area contributed by atoms with E-state index in [2.05, 4.69) is 5.32 Å². The highest BCUT2D eigenvalue weighted by molar-refractivity contribution is 5.98. The lowest BCUT2D eigenvalue weighted by atomic mass is 10.1. The van der Waals surface area contributed by atoms with Crippen molar-refractivity contribution in [3.05, 3.63) is 29.8 Å². The number of carbonyl (C=O) groups excluding carboxylic acids is 1. The predicted octanol–water partition coefficient (Wildman–Crippen LogP) is 1.11. The molecule has 0 aromatic heterocycles. The quantitative estimate of drug-likeness (QED) is 0.714. The number of hydrogen-bond acceptors (Lipinski definition) is 3. The van der Waals surface area contributed by atoms with Gasteiger partial charge >= 0.3 is 0 Å². The summed E-state index contributed by atoms with van der Waals surface area (Å²) >= 11 is 0. The molecule has 1 aliphatic rings. The van der Waals surface area contributed by atoms with Crippen LogP contribution in [-0.2, 0) is 0 Å². The van der Waals surface area contributed by atoms with Gasteiger partial charge < -0.3 is 16.2 Å². The Morgan fingerprint density at radius 1 is 1.38 bits per heavy atom. The zero-order valence-electron chi connectivity index (χ0n) is 9.02. The highest BCUT2D eigenvalue weighted by atomic mass is 16.3. The van der Waals surface area contributed by atoms with Crippen LogP contribution in [0.2, 0.25) is 0 Å². The van der Waals surface area contributed by atoms with Gasteiger partial charge in [-0.25, -0.2) is 0 Å². The zero-order valence-corrected chi connectivity index (χ0v) is 9.02. The van der Waals surface area contributed by atoms with E-state index in [1.807, 2.05) is 12.1 Å². The summed E-state index contributed by atoms with van der Waals surface area (Å²) in [5.74, 6) is -0.449. The van der Waals surface area contributed by atoms with Crippen LogP contribution in [0.1, 0.15) is 29.6 Å². The summed E-state index contributed by atoms with van der Waals surface area (Å²) in [6.45, 7) is 0. The van der Waals surface area contributed by atoms with E-state index in [0.717, 1.165) is 19.3 Å². The number of benzene rings is 1. The van der Waals surface area contributed by atoms with Crippen LogP contribution in [0.4, 0.5) is 5.69 Å². The minimum atomic E-state index is -0.449. The molecule has 2 atom stereocenters. The number of nitrogens with two attached hydrogens (primary N) is 1. The third-order valence-corrected chi connectivity index (χ3v) is 3.01. The molecule has 4 heteroatoms. The highest BCUT2D eigenvalue weighted by Crippen LogP contribution is 2.24. The number of rotatable bonds is 3. The molecule has 1 aromatic carbocycles. The van der Waals surface area contributed by atoms with Crippen LogP contribution in [0.25, 0.3) is 0 Å². The van der Waals surface area contributed by atoms with Crippen LogP contribution in [0, 0.1) is 0 Å². The first-order valence-electron chi connectivity index (χ1n) is 5.52. The molecule has 1 amide bonds. The molecule has 1 saturated carbocycles. The molecule has 0 spiro atoms. The Morgan fingerprint density at radius 3 is 2.75 bits per heavy atom. The predicted molar refractivity (Wildman–Crippen MR) is 62.2 cm³/mol. The Labute approximate surface area is 94.5 Å². The second-order valence-electron chi connectivity index (χ2n) is 4.16. The fourth-order valence-corrected chi connectivity index (χ4v) is 2.13. The standard InChI is InChI=1S/C12H16N2O2/c13-12(16)8-4-1-2-5-9(8)14-10-6-3-7-11(10)15/h1-2,4-5,10-11,14-15H,3,6-7H2,(H2,13,16). The first-order valence-corrected chi connectivity index (χ1v) is 5.52. The van der Waals surface area contributed by atoms with Crippen molar-refractivity contribution in [3.8, 4) is 0 Å². The van der Waals surface area contributed by atoms with Gasteiger partial charge in [-0.2, -0.15) is 0 Å². The van der Waals surface area contributed by atoms with Gasteiger partial charge in [0.15, 0.2) is 0 Å². The molecule has 2 rings (SSSR count). The van der Waals surface area contributed by atoms with Gasteiger partial charge in [0.2, 0.25) is 0 Å². The molecule has 0 aliphatic heterocycles. The van der Waals surface area contributed by atoms with Crippen molar-refractivity contribution in [2.45, 2.75) is 31.4 Å². The average Bonchev–Trinajstić information content (AvgIpc) is 2.65. The van der Waals surface area contributed by atoms with E-state index in [4.69, 9.17) is 5.73 Å². The second-order valence-corrected chi connectivity index (χ2v) is 4.16. The van der Waals surface area contributed by atoms with Gasteiger partial charge in [-0.15, -0.1) is 0 Å². The Hall–Kier alpha value is -1.55. The number of para-hydroxylation sites is 1. The van der Waals surface area contributed by atoms with Crippen molar-refractivity contribution in [2.24, 2.45) is 5.73 Å². The topological polar surface area (TPSA) is 75.4 Å². The van der Waals surface area contributed by atoms with E-state index in [9.17, 15) is 9.90 Å². The van der Waals surface area contributed by atoms with E-state index in [-0.39, 0.29) is 12.1 Å². The number of aliphatic hydroxyl groups is 1. The van der Waals surface area contributed by atoms with Crippen LogP contribution in [0.3, 0.4) is 0 Å². The van der Waals surface area contributed by atoms with E-state index in [0.29, 0.717) is 11.3 Å². The van der Waals surface area contributed by atoms with E-state index in [1.165, 1.54) is 0 Å². The van der Waals surface area contributed by atoms with Gasteiger partial charge in [0.25, 0.3) is 5.91 Å². The summed E-state index contributed by atoms with van der Waals surface area (Å²) in [4.78, 5) is 11.2. The molecule has 4 N–H and O–H groups in total. The summed E-state index contributed by atoms with van der Waals surface area (Å²) in [6.07, 6.45) is 2.42. The Morgan fingerprint density at radius 2 is 2.12 bits per heavy atom. The fourth-order valence-electron chi connectivity index (χ4n) is 2.13. The molecule has 1 aromatic rings. The summed E-state index contributed by atoms with van der Waals surface area (Å²) < 4.78 is 0. The van der Waals surface area contributed by atoms with Gasteiger partial charge in [0, 0.05) is 5.69 Å². The Bertz CT molecular complexity index is 392. The molecule has 86 valence electrons. The summed E-state index contributed by atoms with van der Waals surface area (Å²) in [6, 6.07) is 7.14. The van der Waals surface area contributed by atoms with Gasteiger partial charge in [-0.05, 0) is 31.4 Å². The SMILES string of the molecule is NC(=O)c1ccccc1NC1CCCC1O. The van der Waals surface area contributed by atoms with Crippen LogP contribution < -0.4 is 11.1 Å². The molecular weight excluding hydrogens is 204 g/mol. The number of amides is 1. The van der Waals surface area contributed by atoms with Crippen molar-refractivity contribution in [3.63, 3.8) is 0 Å². The lowest BCUT2D eigenvalue weighted by Crippen LogP contribution is -2.29. The molecule has 0 heterocycles. The van der Waals surface area contributed by atoms with Gasteiger partial charge in [-0.3, -0.25) is 4.79 Å². The third kappa shape index (κ3) is 2.17. The number of carbonyl (C=O) groups is 1. The zero-order chi connectivity index (χ0) is 11.5. The van der Waals surface area contributed by atoms with E-state index < -0.39 is 5.91 Å². The van der Waals surface area contributed by atoms with Crippen molar-refractivity contribution < 1.29 is 9.90 Å². The highest BCUT2D eigenvalue weighted by Gasteiger charge is 2.25. The molecule has 4 nitrogen and oxygen atoms in total. The number of anilines is 1. The minimum absolute atomic E-state index is 0.0282. The van der Waals surface area contributed by atoms with Gasteiger partial charge in [-0.1, -0.05) is 12.1 Å². The van der Waals surface area contributed by atoms with E-state index in [1.54, 1.807) is 12.1 Å². The lowest BCUT2D eigenvalue weighted by Gasteiger charge is -2.19. The Balaban J connectivity index is 2.17. The smallest absolute Gasteiger partial charge is 0.250 e. The minimum Gasteiger partial charge on any atom is -0.391 e. The third-order valence-electron chi connectivity index (χ3n) is 3.01. The van der Waals surface area contributed by atoms with Crippen molar-refractivity contribution in [1.29, 1.82) is 0 Å². The maximum absolute atomic E-state index is 11.2. The van der Waals surface area contributed by atoms with E-state index >= 15 is 0 Å².